The largest absolute Gasteiger partial charge is 0.409 e. The van der Waals surface area contributed by atoms with Gasteiger partial charge in [0.05, 0.1) is 4.90 Å². The molecule has 0 aliphatic rings. The molecule has 0 atom stereocenters. The highest BCUT2D eigenvalue weighted by molar-refractivity contribution is 7.90. The van der Waals surface area contributed by atoms with Crippen LogP contribution in [0.1, 0.15) is 16.8 Å². The Bertz CT molecular complexity index is 608. The highest BCUT2D eigenvalue weighted by atomic mass is 32.2. The van der Waals surface area contributed by atoms with Crippen molar-refractivity contribution < 1.29 is 18.4 Å². The first-order valence-electron chi connectivity index (χ1n) is 5.77. The van der Waals surface area contributed by atoms with Gasteiger partial charge in [-0.25, -0.2) is 8.42 Å². The lowest BCUT2D eigenvalue weighted by Crippen LogP contribution is -2.30. The molecule has 0 aliphatic carbocycles. The minimum atomic E-state index is -3.28. The number of hydrogen-bond acceptors (Lipinski definition) is 5. The maximum Gasteiger partial charge on any atom is 0.253 e. The summed E-state index contributed by atoms with van der Waals surface area (Å²) in [6.07, 6.45) is 1.35. The smallest absolute Gasteiger partial charge is 0.253 e. The summed E-state index contributed by atoms with van der Waals surface area (Å²) in [5.74, 6) is -0.229. The molecule has 1 aromatic rings. The molecule has 0 spiro atoms. The first kappa shape index (κ1) is 16.0. The number of oxime groups is 1. The third kappa shape index (κ3) is 4.23. The van der Waals surface area contributed by atoms with Gasteiger partial charge < -0.3 is 15.8 Å². The predicted octanol–water partition coefficient (Wildman–Crippen LogP) is 0.299. The first-order chi connectivity index (χ1) is 9.25. The maximum absolute atomic E-state index is 12.0. The summed E-state index contributed by atoms with van der Waals surface area (Å²) >= 11 is 0. The Morgan fingerprint density at radius 1 is 1.35 bits per heavy atom. The molecular weight excluding hydrogens is 282 g/mol. The Morgan fingerprint density at radius 3 is 2.35 bits per heavy atom. The minimum absolute atomic E-state index is 0.0390. The summed E-state index contributed by atoms with van der Waals surface area (Å²) < 4.78 is 22.6. The summed E-state index contributed by atoms with van der Waals surface area (Å²) in [5, 5.41) is 11.2. The zero-order valence-corrected chi connectivity index (χ0v) is 12.1. The summed E-state index contributed by atoms with van der Waals surface area (Å²) in [7, 11) is -1.69. The van der Waals surface area contributed by atoms with Crippen LogP contribution in [0.2, 0.25) is 0 Å². The van der Waals surface area contributed by atoms with Gasteiger partial charge in [0.2, 0.25) is 0 Å². The highest BCUT2D eigenvalue weighted by Gasteiger charge is 2.13. The second-order valence-corrected chi connectivity index (χ2v) is 6.38. The fourth-order valence-electron chi connectivity index (χ4n) is 1.50. The van der Waals surface area contributed by atoms with E-state index in [-0.39, 0.29) is 23.1 Å². The van der Waals surface area contributed by atoms with E-state index in [1.54, 1.807) is 7.05 Å². The topological polar surface area (TPSA) is 113 Å². The molecule has 7 nitrogen and oxygen atoms in total. The third-order valence-electron chi connectivity index (χ3n) is 2.71. The van der Waals surface area contributed by atoms with Crippen molar-refractivity contribution in [2.75, 3.05) is 19.8 Å². The number of carbonyl (C=O) groups is 1. The van der Waals surface area contributed by atoms with E-state index in [1.807, 2.05) is 0 Å². The monoisotopic (exact) mass is 299 g/mol. The Labute approximate surface area is 117 Å². The molecule has 1 aromatic carbocycles. The Hall–Kier alpha value is -2.09. The predicted molar refractivity (Wildman–Crippen MR) is 74.5 cm³/mol. The normalized spacial score (nSPS) is 12.2. The van der Waals surface area contributed by atoms with Crippen molar-refractivity contribution in [3.8, 4) is 0 Å². The van der Waals surface area contributed by atoms with Crippen LogP contribution < -0.4 is 5.73 Å². The molecule has 0 saturated heterocycles. The van der Waals surface area contributed by atoms with E-state index < -0.39 is 9.84 Å². The molecule has 0 fully saturated rings. The Balaban J connectivity index is 2.77. The van der Waals surface area contributed by atoms with E-state index >= 15 is 0 Å². The molecule has 0 unspecified atom stereocenters. The zero-order chi connectivity index (χ0) is 15.3. The molecule has 0 saturated carbocycles. The minimum Gasteiger partial charge on any atom is -0.409 e. The van der Waals surface area contributed by atoms with Crippen molar-refractivity contribution >= 4 is 21.6 Å². The lowest BCUT2D eigenvalue weighted by Gasteiger charge is -2.16. The van der Waals surface area contributed by atoms with Gasteiger partial charge in [-0.15, -0.1) is 0 Å². The fraction of sp³-hybridized carbons (Fsp3) is 0.333. The van der Waals surface area contributed by atoms with E-state index in [2.05, 4.69) is 5.16 Å². The second-order valence-electron chi connectivity index (χ2n) is 4.36. The van der Waals surface area contributed by atoms with Gasteiger partial charge in [0.15, 0.2) is 9.84 Å². The van der Waals surface area contributed by atoms with Crippen molar-refractivity contribution in [1.82, 2.24) is 4.90 Å². The van der Waals surface area contributed by atoms with Gasteiger partial charge >= 0.3 is 0 Å². The molecule has 0 aromatic heterocycles. The number of hydrogen-bond donors (Lipinski definition) is 2. The molecule has 110 valence electrons. The Morgan fingerprint density at radius 2 is 1.90 bits per heavy atom. The van der Waals surface area contributed by atoms with Gasteiger partial charge in [0.25, 0.3) is 5.91 Å². The number of amides is 1. The Kier molecular flexibility index (Phi) is 5.09. The molecule has 0 aliphatic heterocycles. The quantitative estimate of drug-likeness (QED) is 0.351. The van der Waals surface area contributed by atoms with Gasteiger partial charge in [0, 0.05) is 31.8 Å². The first-order valence-corrected chi connectivity index (χ1v) is 7.67. The summed E-state index contributed by atoms with van der Waals surface area (Å²) in [6, 6.07) is 5.69. The molecule has 8 heteroatoms. The van der Waals surface area contributed by atoms with Crippen LogP contribution in [0.3, 0.4) is 0 Å². The van der Waals surface area contributed by atoms with Crippen LogP contribution >= 0.6 is 0 Å². The molecular formula is C12H17N3O4S. The molecule has 20 heavy (non-hydrogen) atoms. The number of sulfone groups is 1. The van der Waals surface area contributed by atoms with Crippen LogP contribution in [0.5, 0.6) is 0 Å². The maximum atomic E-state index is 12.0. The number of rotatable bonds is 5. The summed E-state index contributed by atoms with van der Waals surface area (Å²) in [5.41, 5.74) is 5.70. The lowest BCUT2D eigenvalue weighted by atomic mass is 10.2. The highest BCUT2D eigenvalue weighted by Crippen LogP contribution is 2.11. The molecule has 1 rings (SSSR count). The van der Waals surface area contributed by atoms with Crippen LogP contribution in [0.4, 0.5) is 0 Å². The molecule has 1 amide bonds. The van der Waals surface area contributed by atoms with Crippen LogP contribution in [-0.4, -0.2) is 50.1 Å². The average Bonchev–Trinajstić information content (AvgIpc) is 2.42. The fourth-order valence-corrected chi connectivity index (χ4v) is 2.13. The van der Waals surface area contributed by atoms with Crippen LogP contribution in [0, 0.1) is 0 Å². The summed E-state index contributed by atoms with van der Waals surface area (Å²) in [4.78, 5) is 13.6. The van der Waals surface area contributed by atoms with E-state index in [0.717, 1.165) is 6.26 Å². The van der Waals surface area contributed by atoms with Gasteiger partial charge in [-0.2, -0.15) is 0 Å². The zero-order valence-electron chi connectivity index (χ0n) is 11.3. The van der Waals surface area contributed by atoms with Gasteiger partial charge in [0.1, 0.15) is 5.84 Å². The molecule has 0 bridgehead atoms. The van der Waals surface area contributed by atoms with E-state index in [4.69, 9.17) is 10.9 Å². The number of nitrogens with two attached hydrogens (primary N) is 1. The van der Waals surface area contributed by atoms with E-state index in [1.165, 1.54) is 29.2 Å². The van der Waals surface area contributed by atoms with Crippen molar-refractivity contribution in [2.24, 2.45) is 10.9 Å². The van der Waals surface area contributed by atoms with Gasteiger partial charge in [-0.05, 0) is 24.3 Å². The SMILES string of the molecule is CN(CC/C(N)=N/O)C(=O)c1ccc(S(C)(=O)=O)cc1. The van der Waals surface area contributed by atoms with Crippen LogP contribution in [-0.2, 0) is 9.84 Å². The average molecular weight is 299 g/mol. The number of carbonyl (C=O) groups excluding carboxylic acids is 1. The van der Waals surface area contributed by atoms with Crippen molar-refractivity contribution in [3.05, 3.63) is 29.8 Å². The molecule has 0 radical (unpaired) electrons. The van der Waals surface area contributed by atoms with E-state index in [9.17, 15) is 13.2 Å². The standard InChI is InChI=1S/C12H17N3O4S/c1-15(8-7-11(13)14-17)12(16)9-3-5-10(6-4-9)20(2,18)19/h3-6,17H,7-8H2,1-2H3,(H2,13,14). The van der Waals surface area contributed by atoms with Crippen molar-refractivity contribution in [2.45, 2.75) is 11.3 Å². The lowest BCUT2D eigenvalue weighted by molar-refractivity contribution is 0.0798. The third-order valence-corrected chi connectivity index (χ3v) is 3.84. The number of amidine groups is 1. The number of nitrogens with zero attached hydrogens (tertiary/aromatic N) is 2. The second kappa shape index (κ2) is 6.38. The van der Waals surface area contributed by atoms with Gasteiger partial charge in [-0.3, -0.25) is 4.79 Å². The van der Waals surface area contributed by atoms with Gasteiger partial charge in [-0.1, -0.05) is 5.16 Å². The molecule has 3 N–H and O–H groups in total. The van der Waals surface area contributed by atoms with Crippen LogP contribution in [0.15, 0.2) is 34.3 Å². The van der Waals surface area contributed by atoms with E-state index in [0.29, 0.717) is 12.1 Å². The number of benzene rings is 1. The van der Waals surface area contributed by atoms with Crippen molar-refractivity contribution in [3.63, 3.8) is 0 Å². The molecule has 0 heterocycles. The van der Waals surface area contributed by atoms with Crippen LogP contribution in [0.25, 0.3) is 0 Å². The van der Waals surface area contributed by atoms with Crippen molar-refractivity contribution in [1.29, 1.82) is 0 Å². The summed E-state index contributed by atoms with van der Waals surface area (Å²) in [6.45, 7) is 0.294.